The Balaban J connectivity index is 1.86. The lowest BCUT2D eigenvalue weighted by Crippen LogP contribution is -2.35. The number of rotatable bonds is 4. The van der Waals surface area contributed by atoms with E-state index in [9.17, 15) is 9.59 Å². The van der Waals surface area contributed by atoms with Crippen molar-refractivity contribution >= 4 is 11.9 Å². The molecule has 1 aromatic rings. The van der Waals surface area contributed by atoms with Crippen molar-refractivity contribution in [1.82, 2.24) is 20.1 Å². The summed E-state index contributed by atoms with van der Waals surface area (Å²) < 4.78 is 5.81. The topological polar surface area (TPSA) is 86.1 Å². The molecule has 0 saturated heterocycles. The largest absolute Gasteiger partial charge is 0.463 e. The summed E-state index contributed by atoms with van der Waals surface area (Å²) in [5, 5.41) is 6.80. The molecule has 0 aliphatic heterocycles. The number of aromatic nitrogens is 3. The molecule has 1 N–H and O–H groups in total. The molecule has 0 aromatic carbocycles. The number of amides is 1. The first-order chi connectivity index (χ1) is 8.69. The summed E-state index contributed by atoms with van der Waals surface area (Å²) in [6.07, 6.45) is 5.76. The van der Waals surface area contributed by atoms with E-state index in [1.165, 1.54) is 31.0 Å². The van der Waals surface area contributed by atoms with Gasteiger partial charge in [0, 0.05) is 6.04 Å². The standard InChI is InChI=1S/C11H16N4O3/c1-18-11(17)10-12-7-15(14-10)6-9(16)13-8-4-2-3-5-8/h7-8H,2-6H2,1H3,(H,13,16). The summed E-state index contributed by atoms with van der Waals surface area (Å²) in [5.41, 5.74) is 0. The number of hydrogen-bond donors (Lipinski definition) is 1. The first-order valence-corrected chi connectivity index (χ1v) is 5.96. The maximum Gasteiger partial charge on any atom is 0.377 e. The van der Waals surface area contributed by atoms with Gasteiger partial charge in [-0.15, -0.1) is 5.10 Å². The number of methoxy groups -OCH3 is 1. The number of hydrogen-bond acceptors (Lipinski definition) is 5. The highest BCUT2D eigenvalue weighted by molar-refractivity contribution is 5.84. The van der Waals surface area contributed by atoms with Crippen LogP contribution in [0.25, 0.3) is 0 Å². The minimum atomic E-state index is -0.607. The van der Waals surface area contributed by atoms with Crippen molar-refractivity contribution < 1.29 is 14.3 Å². The summed E-state index contributed by atoms with van der Waals surface area (Å²) in [5.74, 6) is -0.751. The fraction of sp³-hybridized carbons (Fsp3) is 0.636. The molecule has 0 radical (unpaired) electrons. The van der Waals surface area contributed by atoms with Gasteiger partial charge in [0.15, 0.2) is 0 Å². The molecule has 18 heavy (non-hydrogen) atoms. The van der Waals surface area contributed by atoms with E-state index in [4.69, 9.17) is 0 Å². The molecule has 2 rings (SSSR count). The minimum Gasteiger partial charge on any atom is -0.463 e. The molecule has 1 aliphatic carbocycles. The smallest absolute Gasteiger partial charge is 0.377 e. The molecule has 98 valence electrons. The Morgan fingerprint density at radius 1 is 1.50 bits per heavy atom. The normalized spacial score (nSPS) is 15.6. The Kier molecular flexibility index (Phi) is 3.91. The highest BCUT2D eigenvalue weighted by atomic mass is 16.5. The van der Waals surface area contributed by atoms with E-state index in [0.717, 1.165) is 12.8 Å². The number of carbonyl (C=O) groups excluding carboxylic acids is 2. The van der Waals surface area contributed by atoms with E-state index >= 15 is 0 Å². The second-order valence-electron chi connectivity index (χ2n) is 4.31. The van der Waals surface area contributed by atoms with Crippen LogP contribution < -0.4 is 5.32 Å². The lowest BCUT2D eigenvalue weighted by atomic mass is 10.2. The molecule has 1 aliphatic rings. The second-order valence-corrected chi connectivity index (χ2v) is 4.31. The van der Waals surface area contributed by atoms with Gasteiger partial charge >= 0.3 is 5.97 Å². The molecule has 7 nitrogen and oxygen atoms in total. The van der Waals surface area contributed by atoms with Crippen LogP contribution in [0.15, 0.2) is 6.33 Å². The van der Waals surface area contributed by atoms with Gasteiger partial charge in [-0.25, -0.2) is 14.5 Å². The van der Waals surface area contributed by atoms with Gasteiger partial charge in [-0.1, -0.05) is 12.8 Å². The highest BCUT2D eigenvalue weighted by Gasteiger charge is 2.18. The molecule has 1 heterocycles. The van der Waals surface area contributed by atoms with Gasteiger partial charge in [0.1, 0.15) is 12.9 Å². The van der Waals surface area contributed by atoms with Gasteiger partial charge in [0.25, 0.3) is 5.82 Å². The van der Waals surface area contributed by atoms with E-state index in [1.807, 2.05) is 0 Å². The number of carbonyl (C=O) groups is 2. The van der Waals surface area contributed by atoms with Crippen molar-refractivity contribution in [3.8, 4) is 0 Å². The molecular formula is C11H16N4O3. The van der Waals surface area contributed by atoms with Crippen molar-refractivity contribution in [1.29, 1.82) is 0 Å². The molecule has 7 heteroatoms. The highest BCUT2D eigenvalue weighted by Crippen LogP contribution is 2.17. The van der Waals surface area contributed by atoms with E-state index in [1.54, 1.807) is 0 Å². The van der Waals surface area contributed by atoms with Gasteiger partial charge < -0.3 is 10.1 Å². The van der Waals surface area contributed by atoms with Gasteiger partial charge in [-0.3, -0.25) is 4.79 Å². The third-order valence-corrected chi connectivity index (χ3v) is 2.93. The van der Waals surface area contributed by atoms with Crippen LogP contribution in [0.4, 0.5) is 0 Å². The Labute approximate surface area is 105 Å². The monoisotopic (exact) mass is 252 g/mol. The van der Waals surface area contributed by atoms with Crippen molar-refractivity contribution in [2.24, 2.45) is 0 Å². The Bertz CT molecular complexity index is 437. The van der Waals surface area contributed by atoms with Crippen molar-refractivity contribution in [3.05, 3.63) is 12.2 Å². The van der Waals surface area contributed by atoms with Gasteiger partial charge in [0.05, 0.1) is 7.11 Å². The Morgan fingerprint density at radius 3 is 2.89 bits per heavy atom. The SMILES string of the molecule is COC(=O)c1ncn(CC(=O)NC2CCCC2)n1. The van der Waals surface area contributed by atoms with Crippen LogP contribution in [0.3, 0.4) is 0 Å². The van der Waals surface area contributed by atoms with Crippen LogP contribution in [0.5, 0.6) is 0 Å². The molecule has 0 atom stereocenters. The number of nitrogens with zero attached hydrogens (tertiary/aromatic N) is 3. The number of esters is 1. The van der Waals surface area contributed by atoms with Crippen molar-refractivity contribution in [3.63, 3.8) is 0 Å². The fourth-order valence-corrected chi connectivity index (χ4v) is 2.05. The zero-order valence-corrected chi connectivity index (χ0v) is 10.3. The van der Waals surface area contributed by atoms with Gasteiger partial charge in [-0.2, -0.15) is 0 Å². The number of ether oxygens (including phenoxy) is 1. The average molecular weight is 252 g/mol. The zero-order valence-electron chi connectivity index (χ0n) is 10.3. The molecule has 0 unspecified atom stereocenters. The van der Waals surface area contributed by atoms with E-state index < -0.39 is 5.97 Å². The van der Waals surface area contributed by atoms with Crippen LogP contribution in [0.2, 0.25) is 0 Å². The predicted molar refractivity (Wildman–Crippen MR) is 61.8 cm³/mol. The van der Waals surface area contributed by atoms with Crippen LogP contribution in [0, 0.1) is 0 Å². The zero-order chi connectivity index (χ0) is 13.0. The summed E-state index contributed by atoms with van der Waals surface area (Å²) in [7, 11) is 1.26. The lowest BCUT2D eigenvalue weighted by Gasteiger charge is -2.11. The third kappa shape index (κ3) is 3.06. The van der Waals surface area contributed by atoms with Crippen LogP contribution in [-0.2, 0) is 16.1 Å². The van der Waals surface area contributed by atoms with E-state index in [0.29, 0.717) is 0 Å². The summed E-state index contributed by atoms with van der Waals surface area (Å²) >= 11 is 0. The molecule has 0 bridgehead atoms. The second kappa shape index (κ2) is 5.61. The molecule has 1 amide bonds. The van der Waals surface area contributed by atoms with Crippen molar-refractivity contribution in [2.75, 3.05) is 7.11 Å². The summed E-state index contributed by atoms with van der Waals surface area (Å²) in [6, 6.07) is 0.279. The van der Waals surface area contributed by atoms with Crippen molar-refractivity contribution in [2.45, 2.75) is 38.3 Å². The van der Waals surface area contributed by atoms with E-state index in [2.05, 4.69) is 20.1 Å². The molecule has 1 saturated carbocycles. The fourth-order valence-electron chi connectivity index (χ4n) is 2.05. The average Bonchev–Trinajstić information content (AvgIpc) is 2.99. The number of nitrogens with one attached hydrogen (secondary N) is 1. The predicted octanol–water partition coefficient (Wildman–Crippen LogP) is 0.123. The summed E-state index contributed by atoms with van der Waals surface area (Å²) in [6.45, 7) is 0.0699. The minimum absolute atomic E-state index is 0.0360. The van der Waals surface area contributed by atoms with Crippen LogP contribution in [0.1, 0.15) is 36.3 Å². The maximum atomic E-state index is 11.7. The van der Waals surface area contributed by atoms with Gasteiger partial charge in [0.2, 0.25) is 5.91 Å². The van der Waals surface area contributed by atoms with E-state index in [-0.39, 0.29) is 24.3 Å². The van der Waals surface area contributed by atoms with Gasteiger partial charge in [-0.05, 0) is 12.8 Å². The van der Waals surface area contributed by atoms with Crippen LogP contribution >= 0.6 is 0 Å². The molecule has 0 spiro atoms. The maximum absolute atomic E-state index is 11.7. The summed E-state index contributed by atoms with van der Waals surface area (Å²) in [4.78, 5) is 26.6. The lowest BCUT2D eigenvalue weighted by molar-refractivity contribution is -0.122. The Hall–Kier alpha value is -1.92. The molecule has 1 fully saturated rings. The molecular weight excluding hydrogens is 236 g/mol. The first kappa shape index (κ1) is 12.5. The van der Waals surface area contributed by atoms with Crippen LogP contribution in [-0.4, -0.2) is 39.8 Å². The molecule has 1 aromatic heterocycles. The Morgan fingerprint density at radius 2 is 2.22 bits per heavy atom. The third-order valence-electron chi connectivity index (χ3n) is 2.93. The quantitative estimate of drug-likeness (QED) is 0.769. The first-order valence-electron chi connectivity index (χ1n) is 5.96.